The van der Waals surface area contributed by atoms with Crippen LogP contribution in [-0.4, -0.2) is 17.1 Å². The van der Waals surface area contributed by atoms with E-state index in [1.807, 2.05) is 0 Å². The highest BCUT2D eigenvalue weighted by Crippen LogP contribution is 2.21. The van der Waals surface area contributed by atoms with Crippen LogP contribution in [0.5, 0.6) is 0 Å². The van der Waals surface area contributed by atoms with Crippen molar-refractivity contribution >= 4 is 11.8 Å². The maximum Gasteiger partial charge on any atom is 0.251 e. The molecule has 1 aromatic carbocycles. The molecule has 0 aliphatic heterocycles. The molecule has 2 aromatic rings. The average molecular weight is 276 g/mol. The number of hydrogen-bond acceptors (Lipinski definition) is 4. The number of ether oxygens (including phenoxy) is 1. The summed E-state index contributed by atoms with van der Waals surface area (Å²) in [4.78, 5) is 19.7. The molecule has 0 aliphatic rings. The lowest BCUT2D eigenvalue weighted by Gasteiger charge is -2.04. The second-order valence-corrected chi connectivity index (χ2v) is 5.27. The highest BCUT2D eigenvalue weighted by molar-refractivity contribution is 7.98. The molecule has 1 heterocycles. The summed E-state index contributed by atoms with van der Waals surface area (Å²) >= 11 is 1.64. The van der Waals surface area contributed by atoms with Gasteiger partial charge in [0.2, 0.25) is 0 Å². The van der Waals surface area contributed by atoms with E-state index in [0.717, 1.165) is 4.90 Å². The van der Waals surface area contributed by atoms with Gasteiger partial charge in [0.05, 0.1) is 18.1 Å². The maximum atomic E-state index is 11.5. The SMILES string of the molecule is COCc1cc(=O)[nH]c(CSc2ccc(C)cc2)n1. The third-order valence-electron chi connectivity index (χ3n) is 2.53. The van der Waals surface area contributed by atoms with Gasteiger partial charge in [0.25, 0.3) is 5.56 Å². The van der Waals surface area contributed by atoms with Gasteiger partial charge < -0.3 is 9.72 Å². The lowest BCUT2D eigenvalue weighted by Crippen LogP contribution is -2.12. The van der Waals surface area contributed by atoms with E-state index >= 15 is 0 Å². The molecule has 0 fully saturated rings. The van der Waals surface area contributed by atoms with Crippen molar-refractivity contribution in [2.45, 2.75) is 24.2 Å². The van der Waals surface area contributed by atoms with Crippen LogP contribution in [0.4, 0.5) is 0 Å². The summed E-state index contributed by atoms with van der Waals surface area (Å²) < 4.78 is 4.99. The van der Waals surface area contributed by atoms with Gasteiger partial charge in [-0.15, -0.1) is 11.8 Å². The average Bonchev–Trinajstić information content (AvgIpc) is 2.38. The zero-order valence-electron chi connectivity index (χ0n) is 11.0. The van der Waals surface area contributed by atoms with E-state index in [-0.39, 0.29) is 5.56 Å². The van der Waals surface area contributed by atoms with Gasteiger partial charge in [-0.05, 0) is 19.1 Å². The van der Waals surface area contributed by atoms with Gasteiger partial charge in [-0.1, -0.05) is 17.7 Å². The van der Waals surface area contributed by atoms with Crippen LogP contribution in [0.25, 0.3) is 0 Å². The molecule has 1 N–H and O–H groups in total. The topological polar surface area (TPSA) is 55.0 Å². The first kappa shape index (κ1) is 13.8. The number of methoxy groups -OCH3 is 1. The minimum atomic E-state index is -0.137. The molecule has 0 unspecified atom stereocenters. The molecule has 0 radical (unpaired) electrons. The summed E-state index contributed by atoms with van der Waals surface area (Å²) in [5.74, 6) is 1.31. The molecule has 5 heteroatoms. The summed E-state index contributed by atoms with van der Waals surface area (Å²) in [6.07, 6.45) is 0. The summed E-state index contributed by atoms with van der Waals surface area (Å²) in [6, 6.07) is 9.73. The van der Waals surface area contributed by atoms with Crippen molar-refractivity contribution < 1.29 is 4.74 Å². The van der Waals surface area contributed by atoms with E-state index in [4.69, 9.17) is 4.74 Å². The van der Waals surface area contributed by atoms with Crippen molar-refractivity contribution in [2.24, 2.45) is 0 Å². The normalized spacial score (nSPS) is 10.6. The van der Waals surface area contributed by atoms with Crippen molar-refractivity contribution in [1.82, 2.24) is 9.97 Å². The number of rotatable bonds is 5. The molecule has 0 spiro atoms. The predicted molar refractivity (Wildman–Crippen MR) is 76.3 cm³/mol. The minimum absolute atomic E-state index is 0.137. The third kappa shape index (κ3) is 4.22. The maximum absolute atomic E-state index is 11.5. The second kappa shape index (κ2) is 6.54. The molecular weight excluding hydrogens is 260 g/mol. The van der Waals surface area contributed by atoms with Crippen LogP contribution >= 0.6 is 11.8 Å². The standard InChI is InChI=1S/C14H16N2O2S/c1-10-3-5-12(6-4-10)19-9-13-15-11(8-18-2)7-14(17)16-13/h3-7H,8-9H2,1-2H3,(H,15,16,17). The van der Waals surface area contributed by atoms with Crippen LogP contribution in [0.2, 0.25) is 0 Å². The molecule has 0 amide bonds. The number of nitrogens with one attached hydrogen (secondary N) is 1. The number of benzene rings is 1. The highest BCUT2D eigenvalue weighted by Gasteiger charge is 2.02. The first-order valence-electron chi connectivity index (χ1n) is 5.95. The zero-order valence-corrected chi connectivity index (χ0v) is 11.8. The number of aromatic amines is 1. The van der Waals surface area contributed by atoms with Crippen molar-refractivity contribution in [3.8, 4) is 0 Å². The van der Waals surface area contributed by atoms with Crippen LogP contribution in [0, 0.1) is 6.92 Å². The van der Waals surface area contributed by atoms with Crippen molar-refractivity contribution in [3.63, 3.8) is 0 Å². The van der Waals surface area contributed by atoms with Gasteiger partial charge in [0.1, 0.15) is 5.82 Å². The number of aryl methyl sites for hydroxylation is 1. The Morgan fingerprint density at radius 3 is 2.74 bits per heavy atom. The second-order valence-electron chi connectivity index (χ2n) is 4.22. The van der Waals surface area contributed by atoms with Crippen molar-refractivity contribution in [3.05, 3.63) is 57.8 Å². The molecule has 0 saturated carbocycles. The van der Waals surface area contributed by atoms with Crippen molar-refractivity contribution in [2.75, 3.05) is 7.11 Å². The Labute approximate surface area is 116 Å². The van der Waals surface area contributed by atoms with Crippen LogP contribution < -0.4 is 5.56 Å². The molecule has 0 bridgehead atoms. The van der Waals surface area contributed by atoms with Gasteiger partial charge >= 0.3 is 0 Å². The fourth-order valence-electron chi connectivity index (χ4n) is 1.64. The van der Waals surface area contributed by atoms with Crippen LogP contribution in [0.1, 0.15) is 17.1 Å². The quantitative estimate of drug-likeness (QED) is 0.853. The molecule has 0 atom stereocenters. The molecule has 1 aromatic heterocycles. The van der Waals surface area contributed by atoms with E-state index in [1.54, 1.807) is 18.9 Å². The highest BCUT2D eigenvalue weighted by atomic mass is 32.2. The monoisotopic (exact) mass is 276 g/mol. The lowest BCUT2D eigenvalue weighted by atomic mass is 10.2. The van der Waals surface area contributed by atoms with E-state index < -0.39 is 0 Å². The van der Waals surface area contributed by atoms with Gasteiger partial charge in [-0.2, -0.15) is 0 Å². The van der Waals surface area contributed by atoms with E-state index in [0.29, 0.717) is 23.9 Å². The van der Waals surface area contributed by atoms with E-state index in [2.05, 4.69) is 41.2 Å². The Bertz CT molecular complexity index is 593. The molecule has 19 heavy (non-hydrogen) atoms. The first-order valence-corrected chi connectivity index (χ1v) is 6.93. The summed E-state index contributed by atoms with van der Waals surface area (Å²) in [5.41, 5.74) is 1.75. The lowest BCUT2D eigenvalue weighted by molar-refractivity contribution is 0.181. The van der Waals surface area contributed by atoms with Crippen molar-refractivity contribution in [1.29, 1.82) is 0 Å². The fraction of sp³-hybridized carbons (Fsp3) is 0.286. The molecule has 4 nitrogen and oxygen atoms in total. The number of nitrogens with zero attached hydrogens (tertiary/aromatic N) is 1. The summed E-state index contributed by atoms with van der Waals surface area (Å²) in [7, 11) is 1.59. The summed E-state index contributed by atoms with van der Waals surface area (Å²) in [5, 5.41) is 0. The fourth-order valence-corrected chi connectivity index (χ4v) is 2.41. The molecule has 2 rings (SSSR count). The molecule has 100 valence electrons. The van der Waals surface area contributed by atoms with Gasteiger partial charge in [-0.3, -0.25) is 4.79 Å². The Morgan fingerprint density at radius 1 is 1.32 bits per heavy atom. The Kier molecular flexibility index (Phi) is 4.76. The Hall–Kier alpha value is -1.59. The zero-order chi connectivity index (χ0) is 13.7. The molecule has 0 saturated heterocycles. The van der Waals surface area contributed by atoms with Gasteiger partial charge in [0, 0.05) is 18.1 Å². The number of H-pyrrole nitrogens is 1. The minimum Gasteiger partial charge on any atom is -0.378 e. The molecule has 0 aliphatic carbocycles. The smallest absolute Gasteiger partial charge is 0.251 e. The van der Waals surface area contributed by atoms with Crippen LogP contribution in [0.3, 0.4) is 0 Å². The number of thioether (sulfide) groups is 1. The van der Waals surface area contributed by atoms with Gasteiger partial charge in [-0.25, -0.2) is 4.98 Å². The van der Waals surface area contributed by atoms with Gasteiger partial charge in [0.15, 0.2) is 0 Å². The Balaban J connectivity index is 2.06. The summed E-state index contributed by atoms with van der Waals surface area (Å²) in [6.45, 7) is 2.41. The van der Waals surface area contributed by atoms with Crippen LogP contribution in [-0.2, 0) is 17.1 Å². The number of aromatic nitrogens is 2. The first-order chi connectivity index (χ1) is 9.17. The largest absolute Gasteiger partial charge is 0.378 e. The predicted octanol–water partition coefficient (Wildman–Crippen LogP) is 2.52. The molecular formula is C14H16N2O2S. The third-order valence-corrected chi connectivity index (χ3v) is 3.56. The number of hydrogen-bond donors (Lipinski definition) is 1. The van der Waals surface area contributed by atoms with Crippen LogP contribution in [0.15, 0.2) is 40.0 Å². The van der Waals surface area contributed by atoms with E-state index in [1.165, 1.54) is 11.6 Å². The Morgan fingerprint density at radius 2 is 2.05 bits per heavy atom. The van der Waals surface area contributed by atoms with E-state index in [9.17, 15) is 4.79 Å².